The molecule has 88 valence electrons. The second kappa shape index (κ2) is 5.61. The summed E-state index contributed by atoms with van der Waals surface area (Å²) in [5.41, 5.74) is 1.40. The van der Waals surface area contributed by atoms with Crippen LogP contribution in [0.5, 0.6) is 5.88 Å². The lowest BCUT2D eigenvalue weighted by Crippen LogP contribution is -1.99. The van der Waals surface area contributed by atoms with Crippen LogP contribution in [0.2, 0.25) is 5.02 Å². The predicted octanol–water partition coefficient (Wildman–Crippen LogP) is 2.20. The van der Waals surface area contributed by atoms with Crippen LogP contribution in [0.4, 0.5) is 0 Å². The highest BCUT2D eigenvalue weighted by atomic mass is 35.5. The fourth-order valence-corrected chi connectivity index (χ4v) is 1.46. The van der Waals surface area contributed by atoms with E-state index in [1.807, 2.05) is 18.2 Å². The molecule has 1 aromatic heterocycles. The Morgan fingerprint density at radius 1 is 1.18 bits per heavy atom. The van der Waals surface area contributed by atoms with Gasteiger partial charge in [-0.05, 0) is 6.07 Å². The van der Waals surface area contributed by atoms with E-state index in [9.17, 15) is 0 Å². The Morgan fingerprint density at radius 3 is 2.65 bits per heavy atom. The van der Waals surface area contributed by atoms with Crippen LogP contribution in [-0.2, 0) is 13.2 Å². The topological polar surface area (TPSA) is 55.2 Å². The fraction of sp³-hybridized carbons (Fsp3) is 0.167. The van der Waals surface area contributed by atoms with Crippen LogP contribution in [0.25, 0.3) is 0 Å². The summed E-state index contributed by atoms with van der Waals surface area (Å²) in [6, 6.07) is 7.45. The van der Waals surface area contributed by atoms with Gasteiger partial charge in [0.2, 0.25) is 5.88 Å². The average molecular weight is 251 g/mol. The molecule has 0 aliphatic rings. The summed E-state index contributed by atoms with van der Waals surface area (Å²) in [4.78, 5) is 7.97. The van der Waals surface area contributed by atoms with E-state index in [4.69, 9.17) is 21.4 Å². The molecule has 0 amide bonds. The van der Waals surface area contributed by atoms with Crippen molar-refractivity contribution in [2.24, 2.45) is 0 Å². The van der Waals surface area contributed by atoms with Gasteiger partial charge in [-0.25, -0.2) is 4.98 Å². The molecule has 1 N–H and O–H groups in total. The normalized spacial score (nSPS) is 10.2. The van der Waals surface area contributed by atoms with Crippen molar-refractivity contribution in [2.45, 2.75) is 13.2 Å². The fourth-order valence-electron chi connectivity index (χ4n) is 1.27. The van der Waals surface area contributed by atoms with E-state index < -0.39 is 0 Å². The molecular weight excluding hydrogens is 240 g/mol. The van der Waals surface area contributed by atoms with Crippen molar-refractivity contribution < 1.29 is 9.84 Å². The summed E-state index contributed by atoms with van der Waals surface area (Å²) in [5.74, 6) is 0.405. The summed E-state index contributed by atoms with van der Waals surface area (Å²) >= 11 is 5.99. The molecular formula is C12H11ClN2O2. The number of rotatable bonds is 4. The highest BCUT2D eigenvalue weighted by Crippen LogP contribution is 2.16. The Hall–Kier alpha value is -1.65. The number of aliphatic hydroxyl groups excluding tert-OH is 1. The number of hydrogen-bond donors (Lipinski definition) is 1. The lowest BCUT2D eigenvalue weighted by Gasteiger charge is -2.06. The first-order chi connectivity index (χ1) is 8.29. The van der Waals surface area contributed by atoms with Crippen LogP contribution in [-0.4, -0.2) is 15.1 Å². The molecule has 1 aromatic carbocycles. The van der Waals surface area contributed by atoms with Gasteiger partial charge in [-0.15, -0.1) is 0 Å². The molecule has 2 rings (SSSR count). The molecule has 0 unspecified atom stereocenters. The van der Waals surface area contributed by atoms with Gasteiger partial charge in [0, 0.05) is 10.6 Å². The van der Waals surface area contributed by atoms with E-state index in [-0.39, 0.29) is 6.61 Å². The Balaban J connectivity index is 2.00. The van der Waals surface area contributed by atoms with Crippen LogP contribution < -0.4 is 4.74 Å². The molecule has 0 saturated carbocycles. The number of aliphatic hydroxyl groups is 1. The van der Waals surface area contributed by atoms with E-state index in [0.717, 1.165) is 5.56 Å². The SMILES string of the molecule is OCc1cnc(OCc2ccccc2Cl)cn1. The molecule has 17 heavy (non-hydrogen) atoms. The van der Waals surface area contributed by atoms with E-state index in [2.05, 4.69) is 9.97 Å². The molecule has 0 fully saturated rings. The van der Waals surface area contributed by atoms with Crippen LogP contribution in [0.15, 0.2) is 36.7 Å². The third-order valence-corrected chi connectivity index (χ3v) is 2.55. The van der Waals surface area contributed by atoms with Gasteiger partial charge >= 0.3 is 0 Å². The highest BCUT2D eigenvalue weighted by molar-refractivity contribution is 6.31. The Bertz CT molecular complexity index is 488. The van der Waals surface area contributed by atoms with E-state index in [1.54, 1.807) is 6.07 Å². The van der Waals surface area contributed by atoms with Gasteiger partial charge in [0.05, 0.1) is 24.7 Å². The molecule has 1 heterocycles. The first kappa shape index (κ1) is 11.8. The van der Waals surface area contributed by atoms with Crippen LogP contribution in [0, 0.1) is 0 Å². The first-order valence-electron chi connectivity index (χ1n) is 5.07. The second-order valence-electron chi connectivity index (χ2n) is 3.38. The zero-order valence-corrected chi connectivity index (χ0v) is 9.76. The molecule has 5 heteroatoms. The molecule has 0 atom stereocenters. The van der Waals surface area contributed by atoms with Gasteiger partial charge in [0.1, 0.15) is 6.61 Å². The van der Waals surface area contributed by atoms with Crippen LogP contribution in [0.3, 0.4) is 0 Å². The number of hydrogen-bond acceptors (Lipinski definition) is 4. The van der Waals surface area contributed by atoms with Gasteiger partial charge in [0.25, 0.3) is 0 Å². The molecule has 4 nitrogen and oxygen atoms in total. The molecule has 0 bridgehead atoms. The third-order valence-electron chi connectivity index (χ3n) is 2.18. The quantitative estimate of drug-likeness (QED) is 0.904. The monoisotopic (exact) mass is 250 g/mol. The lowest BCUT2D eigenvalue weighted by atomic mass is 10.2. The zero-order chi connectivity index (χ0) is 12.1. The number of benzene rings is 1. The van der Waals surface area contributed by atoms with Crippen LogP contribution >= 0.6 is 11.6 Å². The zero-order valence-electron chi connectivity index (χ0n) is 9.01. The van der Waals surface area contributed by atoms with Crippen molar-refractivity contribution in [3.05, 3.63) is 52.9 Å². The van der Waals surface area contributed by atoms with E-state index in [1.165, 1.54) is 12.4 Å². The first-order valence-corrected chi connectivity index (χ1v) is 5.45. The third kappa shape index (κ3) is 3.15. The summed E-state index contributed by atoms with van der Waals surface area (Å²) in [7, 11) is 0. The Kier molecular flexibility index (Phi) is 3.90. The van der Waals surface area contributed by atoms with Crippen molar-refractivity contribution >= 4 is 11.6 Å². The molecule has 0 spiro atoms. The molecule has 0 aliphatic carbocycles. The second-order valence-corrected chi connectivity index (χ2v) is 3.79. The average Bonchev–Trinajstić information content (AvgIpc) is 2.38. The number of aromatic nitrogens is 2. The minimum atomic E-state index is -0.127. The van der Waals surface area contributed by atoms with E-state index >= 15 is 0 Å². The summed E-state index contributed by atoms with van der Waals surface area (Å²) in [6.45, 7) is 0.213. The minimum Gasteiger partial charge on any atom is -0.472 e. The predicted molar refractivity (Wildman–Crippen MR) is 63.7 cm³/mol. The maximum absolute atomic E-state index is 8.81. The summed E-state index contributed by atoms with van der Waals surface area (Å²) in [5, 5.41) is 9.47. The number of halogens is 1. The van der Waals surface area contributed by atoms with Gasteiger partial charge in [0.15, 0.2) is 0 Å². The largest absolute Gasteiger partial charge is 0.472 e. The van der Waals surface area contributed by atoms with Gasteiger partial charge in [-0.3, -0.25) is 4.98 Å². The van der Waals surface area contributed by atoms with Gasteiger partial charge in [-0.2, -0.15) is 0 Å². The van der Waals surface area contributed by atoms with Crippen molar-refractivity contribution in [1.29, 1.82) is 0 Å². The van der Waals surface area contributed by atoms with Crippen molar-refractivity contribution in [2.75, 3.05) is 0 Å². The molecule has 0 aliphatic heterocycles. The molecule has 2 aromatic rings. The summed E-state index contributed by atoms with van der Waals surface area (Å²) in [6.07, 6.45) is 2.95. The highest BCUT2D eigenvalue weighted by Gasteiger charge is 2.01. The van der Waals surface area contributed by atoms with Crippen molar-refractivity contribution in [1.82, 2.24) is 9.97 Å². The molecule has 0 saturated heterocycles. The maximum atomic E-state index is 8.81. The number of ether oxygens (including phenoxy) is 1. The Morgan fingerprint density at radius 2 is 2.00 bits per heavy atom. The Labute approximate surface area is 104 Å². The number of nitrogens with zero attached hydrogens (tertiary/aromatic N) is 2. The van der Waals surface area contributed by atoms with E-state index in [0.29, 0.717) is 23.2 Å². The van der Waals surface area contributed by atoms with Crippen LogP contribution in [0.1, 0.15) is 11.3 Å². The smallest absolute Gasteiger partial charge is 0.232 e. The van der Waals surface area contributed by atoms with Crippen molar-refractivity contribution in [3.8, 4) is 5.88 Å². The lowest BCUT2D eigenvalue weighted by molar-refractivity contribution is 0.271. The standard InChI is InChI=1S/C12H11ClN2O2/c13-11-4-2-1-3-9(11)8-17-12-6-14-10(7-16)5-15-12/h1-6,16H,7-8H2. The summed E-state index contributed by atoms with van der Waals surface area (Å²) < 4.78 is 5.43. The maximum Gasteiger partial charge on any atom is 0.232 e. The van der Waals surface area contributed by atoms with Gasteiger partial charge < -0.3 is 9.84 Å². The molecule has 0 radical (unpaired) electrons. The van der Waals surface area contributed by atoms with Gasteiger partial charge in [-0.1, -0.05) is 29.8 Å². The van der Waals surface area contributed by atoms with Crippen molar-refractivity contribution in [3.63, 3.8) is 0 Å². The minimum absolute atomic E-state index is 0.127.